The average Bonchev–Trinajstić information content (AvgIpc) is 2.71. The number of hydrogen-bond acceptors (Lipinski definition) is 6. The number of aliphatic hydroxyl groups excluding tert-OH is 2. The number of rotatable bonds is 7. The Morgan fingerprint density at radius 3 is 2.52 bits per heavy atom. The molecule has 1 heterocycles. The second-order valence-electron chi connectivity index (χ2n) is 4.62. The van der Waals surface area contributed by atoms with Gasteiger partial charge in [-0.15, -0.1) is 6.42 Å². The Bertz CT molecular complexity index is 408. The van der Waals surface area contributed by atoms with E-state index in [4.69, 9.17) is 11.2 Å². The number of carbonyl (C=O) groups excluding carboxylic acids is 2. The van der Waals surface area contributed by atoms with E-state index >= 15 is 0 Å². The van der Waals surface area contributed by atoms with Crippen molar-refractivity contribution in [1.29, 1.82) is 0 Å². The van der Waals surface area contributed by atoms with Crippen LogP contribution in [0.1, 0.15) is 6.42 Å². The van der Waals surface area contributed by atoms with Crippen molar-refractivity contribution in [2.45, 2.75) is 30.8 Å². The van der Waals surface area contributed by atoms with Crippen LogP contribution in [0.15, 0.2) is 0 Å². The van der Waals surface area contributed by atoms with Gasteiger partial charge in [0.1, 0.15) is 24.9 Å². The Balaban J connectivity index is 2.43. The minimum Gasteiger partial charge on any atom is -0.388 e. The molecule has 0 spiro atoms. The fourth-order valence-electron chi connectivity index (χ4n) is 1.96. The zero-order chi connectivity index (χ0) is 15.8. The van der Waals surface area contributed by atoms with Crippen molar-refractivity contribution in [3.63, 3.8) is 0 Å². The normalized spacial score (nSPS) is 27.9. The van der Waals surface area contributed by atoms with Gasteiger partial charge in [-0.1, -0.05) is 5.92 Å². The number of amides is 2. The summed E-state index contributed by atoms with van der Waals surface area (Å²) >= 11 is 0. The Labute approximate surface area is 122 Å². The summed E-state index contributed by atoms with van der Waals surface area (Å²) in [6, 6.07) is 0. The van der Waals surface area contributed by atoms with E-state index in [1.165, 1.54) is 7.11 Å². The highest BCUT2D eigenvalue weighted by molar-refractivity contribution is 5.77. The van der Waals surface area contributed by atoms with Crippen LogP contribution in [0.2, 0.25) is 0 Å². The van der Waals surface area contributed by atoms with Gasteiger partial charge in [0.2, 0.25) is 11.8 Å². The van der Waals surface area contributed by atoms with E-state index < -0.39 is 24.4 Å². The third-order valence-electron chi connectivity index (χ3n) is 3.01. The van der Waals surface area contributed by atoms with Crippen molar-refractivity contribution in [2.75, 3.05) is 26.8 Å². The smallest absolute Gasteiger partial charge is 0.246 e. The van der Waals surface area contributed by atoms with Crippen LogP contribution in [0, 0.1) is 12.3 Å². The Morgan fingerprint density at radius 2 is 1.90 bits per heavy atom. The van der Waals surface area contributed by atoms with E-state index in [0.717, 1.165) is 0 Å². The first-order valence-corrected chi connectivity index (χ1v) is 6.47. The lowest BCUT2D eigenvalue weighted by molar-refractivity contribution is -0.127. The summed E-state index contributed by atoms with van der Waals surface area (Å²) in [5.74, 6) is 1.51. The molecule has 0 bridgehead atoms. The zero-order valence-corrected chi connectivity index (χ0v) is 11.7. The molecule has 2 amide bonds. The van der Waals surface area contributed by atoms with Gasteiger partial charge >= 0.3 is 0 Å². The summed E-state index contributed by atoms with van der Waals surface area (Å²) in [5.41, 5.74) is 0. The summed E-state index contributed by atoms with van der Waals surface area (Å²) in [6.07, 6.45) is 0.874. The summed E-state index contributed by atoms with van der Waals surface area (Å²) in [5, 5.41) is 24.6. The molecule has 1 rings (SSSR count). The fraction of sp³-hybridized carbons (Fsp3) is 0.692. The number of ether oxygens (including phenoxy) is 2. The van der Waals surface area contributed by atoms with E-state index in [9.17, 15) is 19.8 Å². The lowest BCUT2D eigenvalue weighted by Crippen LogP contribution is -2.41. The van der Waals surface area contributed by atoms with E-state index in [-0.39, 0.29) is 37.9 Å². The van der Waals surface area contributed by atoms with Gasteiger partial charge in [-0.25, -0.2) is 0 Å². The second kappa shape index (κ2) is 8.59. The lowest BCUT2D eigenvalue weighted by atomic mass is 10.1. The molecule has 0 aromatic rings. The van der Waals surface area contributed by atoms with Crippen molar-refractivity contribution in [3.8, 4) is 12.3 Å². The number of carbonyl (C=O) groups is 2. The third kappa shape index (κ3) is 5.32. The summed E-state index contributed by atoms with van der Waals surface area (Å²) in [6.45, 7) is -0.00705. The fourth-order valence-corrected chi connectivity index (χ4v) is 1.96. The topological polar surface area (TPSA) is 117 Å². The van der Waals surface area contributed by atoms with Crippen LogP contribution < -0.4 is 10.6 Å². The SMILES string of the molecule is C#CCNC(=O)CC1OC(CNC(=O)COC)C(O)C1O. The molecule has 8 nitrogen and oxygen atoms in total. The molecular weight excluding hydrogens is 280 g/mol. The molecule has 4 N–H and O–H groups in total. The molecule has 0 aromatic heterocycles. The highest BCUT2D eigenvalue weighted by Crippen LogP contribution is 2.23. The molecule has 118 valence electrons. The first-order chi connectivity index (χ1) is 9.99. The Morgan fingerprint density at radius 1 is 1.24 bits per heavy atom. The number of nitrogens with one attached hydrogen (secondary N) is 2. The monoisotopic (exact) mass is 300 g/mol. The highest BCUT2D eigenvalue weighted by atomic mass is 16.5. The predicted octanol–water partition coefficient (Wildman–Crippen LogP) is -2.62. The van der Waals surface area contributed by atoms with Crippen LogP contribution in [0.3, 0.4) is 0 Å². The molecule has 21 heavy (non-hydrogen) atoms. The summed E-state index contributed by atoms with van der Waals surface area (Å²) in [7, 11) is 1.38. The van der Waals surface area contributed by atoms with Crippen molar-refractivity contribution in [1.82, 2.24) is 10.6 Å². The lowest BCUT2D eigenvalue weighted by Gasteiger charge is -2.15. The Kier molecular flexibility index (Phi) is 7.11. The standard InChI is InChI=1S/C13H20N2O6/c1-3-4-14-10(16)5-8-12(18)13(19)9(21-8)6-15-11(17)7-20-2/h1,8-9,12-13,18-19H,4-7H2,2H3,(H,14,16)(H,15,17). The molecule has 8 heteroatoms. The van der Waals surface area contributed by atoms with E-state index in [2.05, 4.69) is 21.3 Å². The number of terminal acetylenes is 1. The maximum Gasteiger partial charge on any atom is 0.246 e. The van der Waals surface area contributed by atoms with E-state index in [1.54, 1.807) is 0 Å². The van der Waals surface area contributed by atoms with Crippen LogP contribution in [0.25, 0.3) is 0 Å². The van der Waals surface area contributed by atoms with Crippen LogP contribution >= 0.6 is 0 Å². The zero-order valence-electron chi connectivity index (χ0n) is 11.7. The molecule has 1 saturated heterocycles. The summed E-state index contributed by atoms with van der Waals surface area (Å²) in [4.78, 5) is 22.7. The quantitative estimate of drug-likeness (QED) is 0.382. The van der Waals surface area contributed by atoms with Crippen LogP contribution in [0.5, 0.6) is 0 Å². The number of aliphatic hydroxyl groups is 2. The molecule has 1 aliphatic rings. The molecule has 1 fully saturated rings. The van der Waals surface area contributed by atoms with E-state index in [1.807, 2.05) is 0 Å². The van der Waals surface area contributed by atoms with Crippen molar-refractivity contribution in [3.05, 3.63) is 0 Å². The second-order valence-corrected chi connectivity index (χ2v) is 4.62. The van der Waals surface area contributed by atoms with Gasteiger partial charge < -0.3 is 30.3 Å². The number of methoxy groups -OCH3 is 1. The van der Waals surface area contributed by atoms with Gasteiger partial charge in [0.15, 0.2) is 0 Å². The maximum absolute atomic E-state index is 11.5. The molecule has 1 aliphatic heterocycles. The Hall–Kier alpha value is -1.66. The van der Waals surface area contributed by atoms with Crippen molar-refractivity contribution < 1.29 is 29.3 Å². The molecule has 0 radical (unpaired) electrons. The van der Waals surface area contributed by atoms with Gasteiger partial charge in [0, 0.05) is 13.7 Å². The van der Waals surface area contributed by atoms with Gasteiger partial charge in [-0.05, 0) is 0 Å². The van der Waals surface area contributed by atoms with Gasteiger partial charge in [-0.2, -0.15) is 0 Å². The van der Waals surface area contributed by atoms with Crippen LogP contribution in [-0.4, -0.2) is 73.2 Å². The predicted molar refractivity (Wildman–Crippen MR) is 72.0 cm³/mol. The largest absolute Gasteiger partial charge is 0.388 e. The first-order valence-electron chi connectivity index (χ1n) is 6.47. The number of hydrogen-bond donors (Lipinski definition) is 4. The van der Waals surface area contributed by atoms with Crippen molar-refractivity contribution in [2.24, 2.45) is 0 Å². The van der Waals surface area contributed by atoms with Crippen LogP contribution in [-0.2, 0) is 19.1 Å². The first kappa shape index (κ1) is 17.4. The van der Waals surface area contributed by atoms with Gasteiger partial charge in [0.25, 0.3) is 0 Å². The van der Waals surface area contributed by atoms with Gasteiger partial charge in [-0.3, -0.25) is 9.59 Å². The minimum absolute atomic E-state index is 0.0168. The van der Waals surface area contributed by atoms with Crippen molar-refractivity contribution >= 4 is 11.8 Å². The van der Waals surface area contributed by atoms with Crippen LogP contribution in [0.4, 0.5) is 0 Å². The molecule has 0 aromatic carbocycles. The van der Waals surface area contributed by atoms with E-state index in [0.29, 0.717) is 0 Å². The summed E-state index contributed by atoms with van der Waals surface area (Å²) < 4.78 is 10.0. The molecule has 0 aliphatic carbocycles. The molecule has 0 saturated carbocycles. The molecule has 4 atom stereocenters. The molecular formula is C13H20N2O6. The molecule has 4 unspecified atom stereocenters. The maximum atomic E-state index is 11.5. The minimum atomic E-state index is -1.20. The third-order valence-corrected chi connectivity index (χ3v) is 3.01. The average molecular weight is 300 g/mol. The van der Waals surface area contributed by atoms with Gasteiger partial charge in [0.05, 0.1) is 19.1 Å². The highest BCUT2D eigenvalue weighted by Gasteiger charge is 2.43.